The maximum absolute atomic E-state index is 12.7. The lowest BCUT2D eigenvalue weighted by Crippen LogP contribution is -2.52. The van der Waals surface area contributed by atoms with Crippen LogP contribution in [-0.2, 0) is 20.7 Å². The van der Waals surface area contributed by atoms with Crippen molar-refractivity contribution in [2.45, 2.75) is 24.2 Å². The number of ether oxygens (including phenoxy) is 5. The third kappa shape index (κ3) is 3.07. The molecule has 4 N–H and O–H groups in total. The molecule has 0 amide bonds. The fourth-order valence-corrected chi connectivity index (χ4v) is 5.32. The van der Waals surface area contributed by atoms with E-state index in [1.807, 2.05) is 0 Å². The Morgan fingerprint density at radius 1 is 1.12 bits per heavy atom. The summed E-state index contributed by atoms with van der Waals surface area (Å²) in [5.41, 5.74) is 2.82. The number of carbonyl (C=O) groups is 1. The minimum atomic E-state index is -2.02. The molecule has 0 saturated heterocycles. The lowest BCUT2D eigenvalue weighted by atomic mass is 9.73. The van der Waals surface area contributed by atoms with Gasteiger partial charge in [-0.1, -0.05) is 19.1 Å². The van der Waals surface area contributed by atoms with Crippen molar-refractivity contribution in [1.29, 1.82) is 0 Å². The lowest BCUT2D eigenvalue weighted by Gasteiger charge is -2.39. The second-order valence-electron chi connectivity index (χ2n) is 8.25. The van der Waals surface area contributed by atoms with Gasteiger partial charge in [0.05, 0.1) is 32.8 Å². The number of esters is 1. The summed E-state index contributed by atoms with van der Waals surface area (Å²) in [6, 6.07) is 10.2. The van der Waals surface area contributed by atoms with E-state index in [0.29, 0.717) is 23.6 Å². The zero-order valence-electron chi connectivity index (χ0n) is 19.0. The summed E-state index contributed by atoms with van der Waals surface area (Å²) < 4.78 is 28.0. The molecule has 0 spiro atoms. The van der Waals surface area contributed by atoms with E-state index >= 15 is 0 Å². The standard InChI is InChI=1S/C24H29NO8/c1-13-19(22(27)31-4)21(26)23(28)20-17(30-3)11-16(32-10-9-25)12-18(20)33-24(13,23)14-5-7-15(29-2)8-6-14/h5-8,11-13,19,21,26,28H,9-10,25H2,1-4H3/t13-,19-,21-,23+,24-/m1/s1. The fraction of sp³-hybridized carbons (Fsp3) is 0.458. The van der Waals surface area contributed by atoms with Gasteiger partial charge < -0.3 is 39.6 Å². The highest BCUT2D eigenvalue weighted by Gasteiger charge is 2.77. The van der Waals surface area contributed by atoms with Crippen LogP contribution >= 0.6 is 0 Å². The van der Waals surface area contributed by atoms with Gasteiger partial charge in [-0.3, -0.25) is 4.79 Å². The number of carbonyl (C=O) groups excluding carboxylic acids is 1. The number of nitrogens with two attached hydrogens (primary N) is 1. The molecule has 33 heavy (non-hydrogen) atoms. The molecular formula is C24H29NO8. The van der Waals surface area contributed by atoms with Crippen molar-refractivity contribution in [3.05, 3.63) is 47.5 Å². The zero-order valence-corrected chi connectivity index (χ0v) is 19.0. The van der Waals surface area contributed by atoms with Crippen LogP contribution in [0.4, 0.5) is 0 Å². The zero-order chi connectivity index (χ0) is 24.0. The Morgan fingerprint density at radius 3 is 2.39 bits per heavy atom. The molecule has 0 radical (unpaired) electrons. The minimum Gasteiger partial charge on any atom is -0.497 e. The van der Waals surface area contributed by atoms with Gasteiger partial charge in [0.2, 0.25) is 0 Å². The molecule has 178 valence electrons. The molecule has 1 fully saturated rings. The number of rotatable bonds is 7. The van der Waals surface area contributed by atoms with Gasteiger partial charge in [-0.2, -0.15) is 0 Å². The molecule has 2 aromatic carbocycles. The second-order valence-corrected chi connectivity index (χ2v) is 8.25. The molecule has 0 unspecified atom stereocenters. The summed E-state index contributed by atoms with van der Waals surface area (Å²) in [5.74, 6) is -0.770. The first-order valence-corrected chi connectivity index (χ1v) is 10.7. The Bertz CT molecular complexity index is 1040. The second kappa shape index (κ2) is 8.40. The summed E-state index contributed by atoms with van der Waals surface area (Å²) >= 11 is 0. The van der Waals surface area contributed by atoms with Crippen LogP contribution in [0.15, 0.2) is 36.4 Å². The van der Waals surface area contributed by atoms with Crippen molar-refractivity contribution in [3.8, 4) is 23.0 Å². The van der Waals surface area contributed by atoms with Crippen LogP contribution in [0, 0.1) is 11.8 Å². The third-order valence-corrected chi connectivity index (χ3v) is 6.80. The molecule has 0 bridgehead atoms. The van der Waals surface area contributed by atoms with Crippen LogP contribution in [0.5, 0.6) is 23.0 Å². The van der Waals surface area contributed by atoms with Crippen molar-refractivity contribution < 1.29 is 38.7 Å². The largest absolute Gasteiger partial charge is 0.497 e. The van der Waals surface area contributed by atoms with Crippen LogP contribution in [0.2, 0.25) is 0 Å². The normalized spacial score (nSPS) is 29.6. The molecular weight excluding hydrogens is 430 g/mol. The Morgan fingerprint density at radius 2 is 1.82 bits per heavy atom. The number of hydrogen-bond acceptors (Lipinski definition) is 9. The van der Waals surface area contributed by atoms with E-state index in [-0.39, 0.29) is 23.7 Å². The van der Waals surface area contributed by atoms with Crippen LogP contribution in [-0.4, -0.2) is 56.8 Å². The van der Waals surface area contributed by atoms with Gasteiger partial charge in [0, 0.05) is 24.6 Å². The highest BCUT2D eigenvalue weighted by atomic mass is 16.6. The number of fused-ring (bicyclic) bond motifs is 3. The molecule has 1 aliphatic heterocycles. The predicted octanol–water partition coefficient (Wildman–Crippen LogP) is 1.32. The van der Waals surface area contributed by atoms with Crippen LogP contribution in [0.3, 0.4) is 0 Å². The van der Waals surface area contributed by atoms with E-state index in [1.54, 1.807) is 50.4 Å². The maximum Gasteiger partial charge on any atom is 0.311 e. The van der Waals surface area contributed by atoms with Crippen molar-refractivity contribution in [2.24, 2.45) is 17.6 Å². The number of methoxy groups -OCH3 is 3. The fourth-order valence-electron chi connectivity index (χ4n) is 5.32. The van der Waals surface area contributed by atoms with Crippen molar-refractivity contribution in [2.75, 3.05) is 34.5 Å². The Kier molecular flexibility index (Phi) is 5.90. The molecule has 1 aliphatic carbocycles. The molecule has 2 aromatic rings. The average molecular weight is 459 g/mol. The van der Waals surface area contributed by atoms with Gasteiger partial charge in [0.15, 0.2) is 11.2 Å². The van der Waals surface area contributed by atoms with Gasteiger partial charge >= 0.3 is 5.97 Å². The highest BCUT2D eigenvalue weighted by molar-refractivity contribution is 5.76. The average Bonchev–Trinajstić information content (AvgIpc) is 3.20. The number of aliphatic hydroxyl groups excluding tert-OH is 1. The molecule has 0 aromatic heterocycles. The van der Waals surface area contributed by atoms with E-state index < -0.39 is 35.1 Å². The molecule has 2 aliphatic rings. The molecule has 1 saturated carbocycles. The van der Waals surface area contributed by atoms with E-state index in [9.17, 15) is 15.0 Å². The first-order chi connectivity index (χ1) is 15.8. The van der Waals surface area contributed by atoms with Crippen LogP contribution < -0.4 is 24.7 Å². The molecule has 9 heteroatoms. The first kappa shape index (κ1) is 23.2. The van der Waals surface area contributed by atoms with Crippen LogP contribution in [0.1, 0.15) is 18.1 Å². The predicted molar refractivity (Wildman–Crippen MR) is 117 cm³/mol. The van der Waals surface area contributed by atoms with Gasteiger partial charge in [-0.05, 0) is 17.7 Å². The van der Waals surface area contributed by atoms with E-state index in [2.05, 4.69) is 0 Å². The summed E-state index contributed by atoms with van der Waals surface area (Å²) in [7, 11) is 4.24. The Balaban J connectivity index is 1.97. The van der Waals surface area contributed by atoms with Crippen molar-refractivity contribution >= 4 is 5.97 Å². The quantitative estimate of drug-likeness (QED) is 0.525. The number of aliphatic hydroxyl groups is 2. The van der Waals surface area contributed by atoms with Gasteiger partial charge in [0.1, 0.15) is 35.7 Å². The van der Waals surface area contributed by atoms with E-state index in [0.717, 1.165) is 0 Å². The third-order valence-electron chi connectivity index (χ3n) is 6.80. The molecule has 4 rings (SSSR count). The smallest absolute Gasteiger partial charge is 0.311 e. The summed E-state index contributed by atoms with van der Waals surface area (Å²) in [6.07, 6.45) is -1.53. The molecule has 9 nitrogen and oxygen atoms in total. The Labute approximate surface area is 192 Å². The SMILES string of the molecule is COC(=O)[C@H]1[C@@H](O)[C@@]2(O)c3c(OC)cc(OCCN)cc3O[C@@]2(c2ccc(OC)cc2)[C@@H]1C. The van der Waals surface area contributed by atoms with Gasteiger partial charge in [-0.25, -0.2) is 0 Å². The first-order valence-electron chi connectivity index (χ1n) is 10.7. The van der Waals surface area contributed by atoms with E-state index in [4.69, 9.17) is 29.4 Å². The van der Waals surface area contributed by atoms with Gasteiger partial charge in [0.25, 0.3) is 0 Å². The number of hydrogen-bond donors (Lipinski definition) is 3. The monoisotopic (exact) mass is 459 g/mol. The Hall–Kier alpha value is -3.01. The summed E-state index contributed by atoms with van der Waals surface area (Å²) in [5, 5.41) is 23.7. The summed E-state index contributed by atoms with van der Waals surface area (Å²) in [4.78, 5) is 12.7. The van der Waals surface area contributed by atoms with Crippen molar-refractivity contribution in [3.63, 3.8) is 0 Å². The maximum atomic E-state index is 12.7. The number of benzene rings is 2. The van der Waals surface area contributed by atoms with Crippen molar-refractivity contribution in [1.82, 2.24) is 0 Å². The van der Waals surface area contributed by atoms with Crippen LogP contribution in [0.25, 0.3) is 0 Å². The summed E-state index contributed by atoms with van der Waals surface area (Å²) in [6.45, 7) is 2.34. The topological polar surface area (TPSA) is 130 Å². The highest BCUT2D eigenvalue weighted by Crippen LogP contribution is 2.67. The molecule has 1 heterocycles. The molecule has 5 atom stereocenters. The lowest BCUT2D eigenvalue weighted by molar-refractivity contribution is -0.162. The van der Waals surface area contributed by atoms with E-state index in [1.165, 1.54) is 14.2 Å². The van der Waals surface area contributed by atoms with Gasteiger partial charge in [-0.15, -0.1) is 0 Å². The minimum absolute atomic E-state index is 0.242.